The van der Waals surface area contributed by atoms with Crippen molar-refractivity contribution in [1.82, 2.24) is 14.5 Å². The van der Waals surface area contributed by atoms with E-state index in [-0.39, 0.29) is 34.4 Å². The Balaban J connectivity index is 1.54. The summed E-state index contributed by atoms with van der Waals surface area (Å²) in [6.07, 6.45) is 1.06. The number of aromatic nitrogens is 2. The van der Waals surface area contributed by atoms with Crippen LogP contribution in [-0.2, 0) is 14.3 Å². The van der Waals surface area contributed by atoms with Crippen LogP contribution in [0.4, 0.5) is 8.78 Å². The molecule has 0 saturated carbocycles. The number of piperidine rings is 1. The number of benzene rings is 1. The average Bonchev–Trinajstić information content (AvgIpc) is 3.26. The van der Waals surface area contributed by atoms with Gasteiger partial charge < -0.3 is 9.64 Å². The minimum atomic E-state index is -0.820. The second-order valence-electron chi connectivity index (χ2n) is 7.49. The van der Waals surface area contributed by atoms with Crippen LogP contribution >= 0.6 is 23.1 Å². The third kappa shape index (κ3) is 5.09. The number of hydrogen-bond donors (Lipinski definition) is 0. The number of amides is 1. The SMILES string of the molecule is CCOC(=O)C1CCN(C(=O)CSc2nc3ccsc3c(=O)n2-c2cc(F)cc(F)c2)CC1. The van der Waals surface area contributed by atoms with Gasteiger partial charge in [-0.3, -0.25) is 19.0 Å². The third-order valence-corrected chi connectivity index (χ3v) is 7.16. The molecule has 0 N–H and O–H groups in total. The van der Waals surface area contributed by atoms with Gasteiger partial charge >= 0.3 is 5.97 Å². The second kappa shape index (κ2) is 10.0. The number of carbonyl (C=O) groups is 2. The maximum absolute atomic E-state index is 13.9. The largest absolute Gasteiger partial charge is 0.466 e. The molecule has 0 bridgehead atoms. The molecule has 11 heteroatoms. The van der Waals surface area contributed by atoms with Crippen molar-refractivity contribution >= 4 is 45.2 Å². The van der Waals surface area contributed by atoms with E-state index in [1.54, 1.807) is 23.3 Å². The Hall–Kier alpha value is -2.79. The molecule has 1 amide bonds. The molecule has 0 spiro atoms. The maximum atomic E-state index is 13.9. The van der Waals surface area contributed by atoms with Crippen LogP contribution in [0, 0.1) is 17.6 Å². The first-order valence-corrected chi connectivity index (χ1v) is 12.3. The molecule has 0 radical (unpaired) electrons. The molecule has 0 atom stereocenters. The fourth-order valence-corrected chi connectivity index (χ4v) is 5.40. The summed E-state index contributed by atoms with van der Waals surface area (Å²) in [6.45, 7) is 2.95. The van der Waals surface area contributed by atoms with Crippen LogP contribution in [0.15, 0.2) is 39.6 Å². The number of carbonyl (C=O) groups excluding carboxylic acids is 2. The number of likely N-dealkylation sites (tertiary alicyclic amines) is 1. The summed E-state index contributed by atoms with van der Waals surface area (Å²) in [5, 5.41) is 1.88. The topological polar surface area (TPSA) is 81.5 Å². The summed E-state index contributed by atoms with van der Waals surface area (Å²) < 4.78 is 34.2. The van der Waals surface area contributed by atoms with Crippen LogP contribution in [0.2, 0.25) is 0 Å². The summed E-state index contributed by atoms with van der Waals surface area (Å²) in [7, 11) is 0. The number of thioether (sulfide) groups is 1. The van der Waals surface area contributed by atoms with Crippen molar-refractivity contribution in [3.8, 4) is 5.69 Å². The molecule has 1 aliphatic heterocycles. The standard InChI is InChI=1S/C22H21F2N3O4S2/c1-2-31-21(30)13-3-6-26(7-4-13)18(28)12-33-22-25-17-5-8-32-19(17)20(29)27(22)16-10-14(23)9-15(24)11-16/h5,8-11,13H,2-4,6-7,12H2,1H3. The predicted octanol–water partition coefficient (Wildman–Crippen LogP) is 3.62. The van der Waals surface area contributed by atoms with Crippen LogP contribution in [0.5, 0.6) is 0 Å². The number of thiophene rings is 1. The number of esters is 1. The number of fused-ring (bicyclic) bond motifs is 1. The first-order valence-electron chi connectivity index (χ1n) is 10.4. The number of nitrogens with zero attached hydrogens (tertiary/aromatic N) is 3. The molecular formula is C22H21F2N3O4S2. The summed E-state index contributed by atoms with van der Waals surface area (Å²) in [6, 6.07) is 4.51. The Labute approximate surface area is 196 Å². The van der Waals surface area contributed by atoms with Gasteiger partial charge in [-0.05, 0) is 43.3 Å². The monoisotopic (exact) mass is 493 g/mol. The molecule has 174 valence electrons. The van der Waals surface area contributed by atoms with Crippen LogP contribution in [0.3, 0.4) is 0 Å². The first kappa shape index (κ1) is 23.4. The van der Waals surface area contributed by atoms with Crippen LogP contribution in [-0.4, -0.2) is 51.8 Å². The molecule has 2 aromatic heterocycles. The van der Waals surface area contributed by atoms with E-state index in [1.807, 2.05) is 0 Å². The lowest BCUT2D eigenvalue weighted by Gasteiger charge is -2.30. The van der Waals surface area contributed by atoms with E-state index in [4.69, 9.17) is 4.74 Å². The van der Waals surface area contributed by atoms with E-state index in [0.717, 1.165) is 34.5 Å². The molecule has 7 nitrogen and oxygen atoms in total. The normalized spacial score (nSPS) is 14.6. The van der Waals surface area contributed by atoms with Crippen LogP contribution in [0.25, 0.3) is 15.9 Å². The molecule has 3 aromatic rings. The van der Waals surface area contributed by atoms with E-state index in [1.165, 1.54) is 11.3 Å². The van der Waals surface area contributed by atoms with Crippen molar-refractivity contribution in [1.29, 1.82) is 0 Å². The smallest absolute Gasteiger partial charge is 0.309 e. The molecule has 1 fully saturated rings. The van der Waals surface area contributed by atoms with E-state index < -0.39 is 17.2 Å². The zero-order valence-electron chi connectivity index (χ0n) is 17.8. The van der Waals surface area contributed by atoms with Gasteiger partial charge in [0.25, 0.3) is 5.56 Å². The number of rotatable bonds is 6. The van der Waals surface area contributed by atoms with E-state index in [2.05, 4.69) is 4.98 Å². The summed E-state index contributed by atoms with van der Waals surface area (Å²) >= 11 is 2.22. The minimum Gasteiger partial charge on any atom is -0.466 e. The fraction of sp³-hybridized carbons (Fsp3) is 0.364. The lowest BCUT2D eigenvalue weighted by atomic mass is 9.97. The van der Waals surface area contributed by atoms with Gasteiger partial charge in [-0.15, -0.1) is 11.3 Å². The third-order valence-electron chi connectivity index (χ3n) is 5.35. The van der Waals surface area contributed by atoms with Gasteiger partial charge in [0.15, 0.2) is 5.16 Å². The zero-order valence-corrected chi connectivity index (χ0v) is 19.4. The number of halogens is 2. The molecular weight excluding hydrogens is 472 g/mol. The first-order chi connectivity index (χ1) is 15.9. The minimum absolute atomic E-state index is 0.00509. The highest BCUT2D eigenvalue weighted by Crippen LogP contribution is 2.26. The zero-order chi connectivity index (χ0) is 23.5. The summed E-state index contributed by atoms with van der Waals surface area (Å²) in [4.78, 5) is 43.9. The Morgan fingerprint density at radius 3 is 2.58 bits per heavy atom. The van der Waals surface area contributed by atoms with Crippen molar-refractivity contribution in [2.75, 3.05) is 25.4 Å². The molecule has 4 rings (SSSR count). The van der Waals surface area contributed by atoms with Crippen molar-refractivity contribution in [3.63, 3.8) is 0 Å². The Morgan fingerprint density at radius 1 is 1.21 bits per heavy atom. The van der Waals surface area contributed by atoms with Crippen LogP contribution < -0.4 is 5.56 Å². The molecule has 0 unspecified atom stereocenters. The highest BCUT2D eigenvalue weighted by atomic mass is 32.2. The van der Waals surface area contributed by atoms with Crippen molar-refractivity contribution in [2.45, 2.75) is 24.9 Å². The number of ether oxygens (including phenoxy) is 1. The molecule has 1 saturated heterocycles. The molecule has 0 aliphatic carbocycles. The van der Waals surface area contributed by atoms with Crippen molar-refractivity contribution < 1.29 is 23.1 Å². The highest BCUT2D eigenvalue weighted by Gasteiger charge is 2.28. The molecule has 1 aliphatic rings. The summed E-state index contributed by atoms with van der Waals surface area (Å²) in [5.41, 5.74) is 0.0130. The highest BCUT2D eigenvalue weighted by molar-refractivity contribution is 7.99. The van der Waals surface area contributed by atoms with Crippen molar-refractivity contribution in [3.05, 3.63) is 51.6 Å². The van der Waals surface area contributed by atoms with Gasteiger partial charge in [0.05, 0.1) is 29.5 Å². The second-order valence-corrected chi connectivity index (χ2v) is 9.35. The lowest BCUT2D eigenvalue weighted by Crippen LogP contribution is -2.41. The lowest BCUT2D eigenvalue weighted by molar-refractivity contribution is -0.151. The number of hydrogen-bond acceptors (Lipinski definition) is 7. The predicted molar refractivity (Wildman–Crippen MR) is 122 cm³/mol. The molecule has 1 aromatic carbocycles. The van der Waals surface area contributed by atoms with Gasteiger partial charge in [-0.25, -0.2) is 13.8 Å². The van der Waals surface area contributed by atoms with E-state index in [9.17, 15) is 23.2 Å². The average molecular weight is 494 g/mol. The Morgan fingerprint density at radius 2 is 1.91 bits per heavy atom. The van der Waals surface area contributed by atoms with E-state index >= 15 is 0 Å². The summed E-state index contributed by atoms with van der Waals surface area (Å²) in [5.74, 6) is -2.27. The quantitative estimate of drug-likeness (QED) is 0.296. The van der Waals surface area contributed by atoms with Gasteiger partial charge in [-0.2, -0.15) is 0 Å². The fourth-order valence-electron chi connectivity index (χ4n) is 3.73. The van der Waals surface area contributed by atoms with Crippen molar-refractivity contribution in [2.24, 2.45) is 5.92 Å². The van der Waals surface area contributed by atoms with Gasteiger partial charge in [-0.1, -0.05) is 11.8 Å². The molecule has 3 heterocycles. The van der Waals surface area contributed by atoms with Gasteiger partial charge in [0, 0.05) is 19.2 Å². The maximum Gasteiger partial charge on any atom is 0.309 e. The van der Waals surface area contributed by atoms with Crippen LogP contribution in [0.1, 0.15) is 19.8 Å². The van der Waals surface area contributed by atoms with Gasteiger partial charge in [0.2, 0.25) is 5.91 Å². The molecule has 33 heavy (non-hydrogen) atoms. The van der Waals surface area contributed by atoms with E-state index in [0.29, 0.717) is 42.8 Å². The Bertz CT molecular complexity index is 1230. The van der Waals surface area contributed by atoms with Gasteiger partial charge in [0.1, 0.15) is 16.3 Å². The Kier molecular flexibility index (Phi) is 7.08.